The topological polar surface area (TPSA) is 77.3 Å². The molecule has 0 saturated carbocycles. The van der Waals surface area contributed by atoms with Gasteiger partial charge in [0.1, 0.15) is 0 Å². The first-order chi connectivity index (χ1) is 27.2. The number of thiophene rings is 1. The molecule has 3 aromatic heterocycles. The third-order valence-electron chi connectivity index (χ3n) is 9.61. The molecule has 0 unspecified atom stereocenters. The molecule has 0 aliphatic carbocycles. The zero-order valence-corrected chi connectivity index (χ0v) is 30.2. The summed E-state index contributed by atoms with van der Waals surface area (Å²) in [5.74, 6) is 3.78. The minimum Gasteiger partial charge on any atom is -0.208 e. The maximum Gasteiger partial charge on any atom is 0.165 e. The van der Waals surface area contributed by atoms with E-state index in [0.717, 1.165) is 59.1 Å². The summed E-state index contributed by atoms with van der Waals surface area (Å²) in [5, 5.41) is 2.24. The number of fused-ring (bicyclic) bond motifs is 3. The predicted octanol–water partition coefficient (Wildman–Crippen LogP) is 12.1. The van der Waals surface area contributed by atoms with Crippen molar-refractivity contribution in [3.8, 4) is 79.5 Å². The van der Waals surface area contributed by atoms with E-state index in [-0.39, 0.29) is 0 Å². The molecule has 0 atom stereocenters. The van der Waals surface area contributed by atoms with Crippen LogP contribution in [-0.4, -0.2) is 29.9 Å². The lowest BCUT2D eigenvalue weighted by atomic mass is 10.0. The Morgan fingerprint density at radius 1 is 0.273 bits per heavy atom. The van der Waals surface area contributed by atoms with Gasteiger partial charge in [-0.2, -0.15) is 0 Å². The van der Waals surface area contributed by atoms with Gasteiger partial charge in [0, 0.05) is 53.6 Å². The Morgan fingerprint density at radius 2 is 0.655 bits per heavy atom. The minimum atomic E-state index is 0.623. The van der Waals surface area contributed by atoms with Crippen LogP contribution in [0.5, 0.6) is 0 Å². The lowest BCUT2D eigenvalue weighted by Gasteiger charge is -2.10. The number of benzene rings is 7. The molecule has 0 amide bonds. The van der Waals surface area contributed by atoms with Crippen molar-refractivity contribution in [3.05, 3.63) is 182 Å². The summed E-state index contributed by atoms with van der Waals surface area (Å²) in [6.45, 7) is 0. The second-order valence-corrected chi connectivity index (χ2v) is 14.2. The standard InChI is InChI=1S/C48H30N6S/c1-5-14-31(15-6-1)32-24-26-36(27-25-32)46-50-45(35-20-11-4-12-21-35)53-48(54-46)39-23-13-22-38-40-30-37(28-29-41(40)55-42(38)39)47-51-43(33-16-7-2-8-17-33)49-44(52-47)34-18-9-3-10-19-34/h1-30H. The fourth-order valence-electron chi connectivity index (χ4n) is 6.84. The van der Waals surface area contributed by atoms with E-state index in [9.17, 15) is 0 Å². The van der Waals surface area contributed by atoms with Gasteiger partial charge in [0.05, 0.1) is 0 Å². The molecule has 0 saturated heterocycles. The van der Waals surface area contributed by atoms with Crippen LogP contribution in [0.2, 0.25) is 0 Å². The van der Waals surface area contributed by atoms with Gasteiger partial charge in [-0.1, -0.05) is 158 Å². The Balaban J connectivity index is 1.10. The van der Waals surface area contributed by atoms with Crippen LogP contribution in [0.1, 0.15) is 0 Å². The lowest BCUT2D eigenvalue weighted by molar-refractivity contribution is 1.07. The highest BCUT2D eigenvalue weighted by molar-refractivity contribution is 7.26. The largest absolute Gasteiger partial charge is 0.208 e. The maximum absolute atomic E-state index is 5.12. The summed E-state index contributed by atoms with van der Waals surface area (Å²) in [5.41, 5.74) is 7.92. The monoisotopic (exact) mass is 722 g/mol. The molecule has 0 bridgehead atoms. The van der Waals surface area contributed by atoms with Crippen molar-refractivity contribution < 1.29 is 0 Å². The van der Waals surface area contributed by atoms with E-state index < -0.39 is 0 Å². The van der Waals surface area contributed by atoms with Crippen LogP contribution in [-0.2, 0) is 0 Å². The Kier molecular flexibility index (Phi) is 8.24. The van der Waals surface area contributed by atoms with Crippen molar-refractivity contribution in [2.45, 2.75) is 0 Å². The molecule has 0 N–H and O–H groups in total. The van der Waals surface area contributed by atoms with E-state index in [1.54, 1.807) is 11.3 Å². The lowest BCUT2D eigenvalue weighted by Crippen LogP contribution is -2.00. The van der Waals surface area contributed by atoms with Crippen molar-refractivity contribution in [3.63, 3.8) is 0 Å². The van der Waals surface area contributed by atoms with E-state index in [1.165, 1.54) is 5.56 Å². The smallest absolute Gasteiger partial charge is 0.165 e. The van der Waals surface area contributed by atoms with Gasteiger partial charge < -0.3 is 0 Å². The maximum atomic E-state index is 5.12. The van der Waals surface area contributed by atoms with Gasteiger partial charge >= 0.3 is 0 Å². The molecule has 3 heterocycles. The van der Waals surface area contributed by atoms with Gasteiger partial charge in [-0.15, -0.1) is 11.3 Å². The van der Waals surface area contributed by atoms with Crippen molar-refractivity contribution >= 4 is 31.5 Å². The molecule has 0 radical (unpaired) electrons. The summed E-state index contributed by atoms with van der Waals surface area (Å²) >= 11 is 1.74. The molecule has 0 spiro atoms. The third-order valence-corrected chi connectivity index (χ3v) is 10.8. The van der Waals surface area contributed by atoms with E-state index in [4.69, 9.17) is 29.9 Å². The predicted molar refractivity (Wildman–Crippen MR) is 224 cm³/mol. The van der Waals surface area contributed by atoms with Crippen LogP contribution < -0.4 is 0 Å². The molecule has 0 fully saturated rings. The Bertz CT molecular complexity index is 2890. The fraction of sp³-hybridized carbons (Fsp3) is 0. The zero-order chi connectivity index (χ0) is 36.6. The van der Waals surface area contributed by atoms with Gasteiger partial charge in [0.15, 0.2) is 34.9 Å². The summed E-state index contributed by atoms with van der Waals surface area (Å²) in [6.07, 6.45) is 0. The van der Waals surface area contributed by atoms with Crippen LogP contribution in [0, 0.1) is 0 Å². The first-order valence-corrected chi connectivity index (χ1v) is 18.9. The fourth-order valence-corrected chi connectivity index (χ4v) is 8.03. The van der Waals surface area contributed by atoms with Crippen molar-refractivity contribution in [1.82, 2.24) is 29.9 Å². The second kappa shape index (κ2) is 14.0. The molecule has 0 aliphatic heterocycles. The SMILES string of the molecule is c1ccc(-c2ccc(-c3nc(-c4ccccc4)nc(-c4cccc5c4sc4ccc(-c6nc(-c7ccccc7)nc(-c7ccccc7)n6)cc45)n3)cc2)cc1. The van der Waals surface area contributed by atoms with Crippen LogP contribution in [0.15, 0.2) is 182 Å². The van der Waals surface area contributed by atoms with Crippen LogP contribution in [0.3, 0.4) is 0 Å². The van der Waals surface area contributed by atoms with Gasteiger partial charge in [-0.3, -0.25) is 0 Å². The summed E-state index contributed by atoms with van der Waals surface area (Å²) < 4.78 is 2.26. The summed E-state index contributed by atoms with van der Waals surface area (Å²) in [7, 11) is 0. The molecule has 0 aliphatic rings. The van der Waals surface area contributed by atoms with Crippen LogP contribution >= 0.6 is 11.3 Å². The normalized spacial score (nSPS) is 11.3. The first-order valence-electron chi connectivity index (χ1n) is 18.0. The van der Waals surface area contributed by atoms with Gasteiger partial charge in [-0.25, -0.2) is 29.9 Å². The van der Waals surface area contributed by atoms with E-state index in [2.05, 4.69) is 84.9 Å². The highest BCUT2D eigenvalue weighted by atomic mass is 32.1. The molecule has 10 rings (SSSR count). The number of hydrogen-bond donors (Lipinski definition) is 0. The molecule has 7 heteroatoms. The average molecular weight is 723 g/mol. The first kappa shape index (κ1) is 32.4. The van der Waals surface area contributed by atoms with Crippen molar-refractivity contribution in [1.29, 1.82) is 0 Å². The van der Waals surface area contributed by atoms with E-state index >= 15 is 0 Å². The quantitative estimate of drug-likeness (QED) is 0.163. The van der Waals surface area contributed by atoms with Crippen LogP contribution in [0.25, 0.3) is 99.6 Å². The molecule has 6 nitrogen and oxygen atoms in total. The summed E-state index contributed by atoms with van der Waals surface area (Å²) in [4.78, 5) is 30.1. The third kappa shape index (κ3) is 6.33. The Labute approximate surface area is 321 Å². The highest BCUT2D eigenvalue weighted by Gasteiger charge is 2.18. The Hall–Kier alpha value is -7.22. The highest BCUT2D eigenvalue weighted by Crippen LogP contribution is 2.41. The number of hydrogen-bond acceptors (Lipinski definition) is 7. The molecular weight excluding hydrogens is 693 g/mol. The molecule has 10 aromatic rings. The molecule has 258 valence electrons. The number of nitrogens with zero attached hydrogens (tertiary/aromatic N) is 6. The number of rotatable bonds is 7. The number of aromatic nitrogens is 6. The Morgan fingerprint density at radius 3 is 1.16 bits per heavy atom. The summed E-state index contributed by atoms with van der Waals surface area (Å²) in [6, 6.07) is 61.8. The average Bonchev–Trinajstić information content (AvgIpc) is 3.66. The van der Waals surface area contributed by atoms with Gasteiger partial charge in [0.25, 0.3) is 0 Å². The molecule has 7 aromatic carbocycles. The van der Waals surface area contributed by atoms with E-state index in [1.807, 2.05) is 97.1 Å². The van der Waals surface area contributed by atoms with Gasteiger partial charge in [0.2, 0.25) is 0 Å². The van der Waals surface area contributed by atoms with Crippen molar-refractivity contribution in [2.24, 2.45) is 0 Å². The minimum absolute atomic E-state index is 0.623. The second-order valence-electron chi connectivity index (χ2n) is 13.1. The zero-order valence-electron chi connectivity index (χ0n) is 29.4. The van der Waals surface area contributed by atoms with Crippen molar-refractivity contribution in [2.75, 3.05) is 0 Å². The van der Waals surface area contributed by atoms with Crippen LogP contribution in [0.4, 0.5) is 0 Å². The molecular formula is C48H30N6S. The molecule has 55 heavy (non-hydrogen) atoms. The van der Waals surface area contributed by atoms with Gasteiger partial charge in [-0.05, 0) is 35.4 Å². The van der Waals surface area contributed by atoms with E-state index in [0.29, 0.717) is 34.9 Å².